The van der Waals surface area contributed by atoms with Crippen molar-refractivity contribution < 1.29 is 14.7 Å². The lowest BCUT2D eigenvalue weighted by atomic mass is 10.0. The van der Waals surface area contributed by atoms with Gasteiger partial charge in [-0.2, -0.15) is 0 Å². The minimum absolute atomic E-state index is 0.565. The zero-order valence-corrected chi connectivity index (χ0v) is 15.2. The number of aromatic nitrogens is 2. The highest BCUT2D eigenvalue weighted by molar-refractivity contribution is 5.91. The maximum absolute atomic E-state index is 11.1. The Morgan fingerprint density at radius 1 is 1.15 bits per heavy atom. The molecule has 0 fully saturated rings. The van der Waals surface area contributed by atoms with Crippen LogP contribution in [0.3, 0.4) is 0 Å². The number of hydrogen-bond acceptors (Lipinski definition) is 4. The molecular weight excluding hydrogens is 342 g/mol. The lowest BCUT2D eigenvalue weighted by molar-refractivity contribution is -0.124. The number of nitrogens with one attached hydrogen (secondary N) is 1. The van der Waals surface area contributed by atoms with E-state index in [0.717, 1.165) is 40.4 Å². The topological polar surface area (TPSA) is 76.4 Å². The van der Waals surface area contributed by atoms with Crippen molar-refractivity contribution in [1.82, 2.24) is 15.0 Å². The standard InChI is InChI=1S/C21H21N3O3/c1-3-24-14-22-20(16-9-11-18(27-2)12-10-16)21(24)17-7-4-15(5-8-17)6-13-19(25)23-26/h4-14,26H,3H2,1-2H3,(H,23,25). The van der Waals surface area contributed by atoms with Gasteiger partial charge in [0, 0.05) is 23.7 Å². The van der Waals surface area contributed by atoms with Gasteiger partial charge in [0.25, 0.3) is 5.91 Å². The Bertz CT molecular complexity index is 942. The van der Waals surface area contributed by atoms with Gasteiger partial charge in [-0.15, -0.1) is 0 Å². The summed E-state index contributed by atoms with van der Waals surface area (Å²) < 4.78 is 7.33. The van der Waals surface area contributed by atoms with Gasteiger partial charge >= 0.3 is 0 Å². The number of nitrogens with zero attached hydrogens (tertiary/aromatic N) is 2. The average molecular weight is 363 g/mol. The van der Waals surface area contributed by atoms with Gasteiger partial charge < -0.3 is 9.30 Å². The molecule has 0 atom stereocenters. The molecule has 0 aliphatic rings. The Balaban J connectivity index is 1.97. The highest BCUT2D eigenvalue weighted by Gasteiger charge is 2.14. The Morgan fingerprint density at radius 2 is 1.81 bits per heavy atom. The van der Waals surface area contributed by atoms with E-state index in [-0.39, 0.29) is 0 Å². The molecule has 1 amide bonds. The number of rotatable bonds is 6. The SMILES string of the molecule is CCn1cnc(-c2ccc(OC)cc2)c1-c1ccc(C=CC(=O)NO)cc1. The molecule has 0 aliphatic carbocycles. The first-order chi connectivity index (χ1) is 13.2. The van der Waals surface area contributed by atoms with Gasteiger partial charge in [-0.05, 0) is 42.8 Å². The van der Waals surface area contributed by atoms with Gasteiger partial charge in [0.05, 0.1) is 24.8 Å². The second kappa shape index (κ2) is 8.33. The van der Waals surface area contributed by atoms with Gasteiger partial charge in [0.1, 0.15) is 5.75 Å². The van der Waals surface area contributed by atoms with E-state index in [9.17, 15) is 4.79 Å². The fraction of sp³-hybridized carbons (Fsp3) is 0.143. The van der Waals surface area contributed by atoms with Crippen molar-refractivity contribution in [3.63, 3.8) is 0 Å². The molecule has 3 aromatic rings. The average Bonchev–Trinajstić information content (AvgIpc) is 3.16. The van der Waals surface area contributed by atoms with Gasteiger partial charge in [-0.3, -0.25) is 10.0 Å². The van der Waals surface area contributed by atoms with Crippen LogP contribution >= 0.6 is 0 Å². The molecule has 0 bridgehead atoms. The van der Waals surface area contributed by atoms with Crippen LogP contribution in [0.1, 0.15) is 12.5 Å². The van der Waals surface area contributed by atoms with Crippen molar-refractivity contribution in [3.05, 3.63) is 66.5 Å². The van der Waals surface area contributed by atoms with Crippen LogP contribution in [0.15, 0.2) is 60.9 Å². The summed E-state index contributed by atoms with van der Waals surface area (Å²) in [4.78, 5) is 15.7. The fourth-order valence-electron chi connectivity index (χ4n) is 2.85. The first kappa shape index (κ1) is 18.4. The molecule has 2 aromatic carbocycles. The van der Waals surface area contributed by atoms with Crippen molar-refractivity contribution in [3.8, 4) is 28.3 Å². The molecule has 0 saturated carbocycles. The number of carbonyl (C=O) groups is 1. The Morgan fingerprint density at radius 3 is 2.41 bits per heavy atom. The zero-order chi connectivity index (χ0) is 19.2. The Kier molecular flexibility index (Phi) is 5.68. The molecule has 6 heteroatoms. The van der Waals surface area contributed by atoms with Gasteiger partial charge in [-0.1, -0.05) is 24.3 Å². The highest BCUT2D eigenvalue weighted by atomic mass is 16.5. The minimum Gasteiger partial charge on any atom is -0.497 e. The van der Waals surface area contributed by atoms with Gasteiger partial charge in [0.2, 0.25) is 0 Å². The molecule has 6 nitrogen and oxygen atoms in total. The molecule has 1 heterocycles. The van der Waals surface area contributed by atoms with Crippen LogP contribution in [-0.2, 0) is 11.3 Å². The number of methoxy groups -OCH3 is 1. The van der Waals surface area contributed by atoms with Crippen molar-refractivity contribution >= 4 is 12.0 Å². The van der Waals surface area contributed by atoms with E-state index in [1.165, 1.54) is 6.08 Å². The molecule has 0 radical (unpaired) electrons. The van der Waals surface area contributed by atoms with Crippen LogP contribution in [0.5, 0.6) is 5.75 Å². The zero-order valence-electron chi connectivity index (χ0n) is 15.2. The second-order valence-corrected chi connectivity index (χ2v) is 5.89. The summed E-state index contributed by atoms with van der Waals surface area (Å²) in [6.07, 6.45) is 4.75. The van der Waals surface area contributed by atoms with Crippen molar-refractivity contribution in [2.75, 3.05) is 7.11 Å². The lowest BCUT2D eigenvalue weighted by Crippen LogP contribution is -2.14. The number of hydroxylamine groups is 1. The number of imidazole rings is 1. The van der Waals surface area contributed by atoms with E-state index in [2.05, 4.69) is 16.5 Å². The lowest BCUT2D eigenvalue weighted by Gasteiger charge is -2.10. The van der Waals surface area contributed by atoms with Crippen LogP contribution in [0, 0.1) is 0 Å². The van der Waals surface area contributed by atoms with Crippen LogP contribution in [-0.4, -0.2) is 27.8 Å². The van der Waals surface area contributed by atoms with E-state index in [0.29, 0.717) is 0 Å². The number of benzene rings is 2. The quantitative estimate of drug-likeness (QED) is 0.397. The Hall–Kier alpha value is -3.38. The molecule has 1 aromatic heterocycles. The van der Waals surface area contributed by atoms with E-state index >= 15 is 0 Å². The monoisotopic (exact) mass is 363 g/mol. The number of amides is 1. The van der Waals surface area contributed by atoms with Crippen LogP contribution < -0.4 is 10.2 Å². The van der Waals surface area contributed by atoms with Gasteiger partial charge in [0.15, 0.2) is 0 Å². The number of ether oxygens (including phenoxy) is 1. The number of carbonyl (C=O) groups excluding carboxylic acids is 1. The molecule has 0 aliphatic heterocycles. The molecule has 27 heavy (non-hydrogen) atoms. The predicted molar refractivity (Wildman–Crippen MR) is 104 cm³/mol. The third-order valence-corrected chi connectivity index (χ3v) is 4.26. The van der Waals surface area contributed by atoms with E-state index in [1.54, 1.807) is 18.7 Å². The smallest absolute Gasteiger partial charge is 0.267 e. The van der Waals surface area contributed by atoms with Crippen molar-refractivity contribution in [2.24, 2.45) is 0 Å². The van der Waals surface area contributed by atoms with E-state index in [4.69, 9.17) is 9.94 Å². The third kappa shape index (κ3) is 4.07. The van der Waals surface area contributed by atoms with Crippen LogP contribution in [0.4, 0.5) is 0 Å². The summed E-state index contributed by atoms with van der Waals surface area (Å²) in [5, 5.41) is 8.54. The van der Waals surface area contributed by atoms with Crippen molar-refractivity contribution in [1.29, 1.82) is 0 Å². The maximum atomic E-state index is 11.1. The fourth-order valence-corrected chi connectivity index (χ4v) is 2.85. The largest absolute Gasteiger partial charge is 0.497 e. The summed E-state index contributed by atoms with van der Waals surface area (Å²) >= 11 is 0. The third-order valence-electron chi connectivity index (χ3n) is 4.26. The van der Waals surface area contributed by atoms with Crippen LogP contribution in [0.2, 0.25) is 0 Å². The summed E-state index contributed by atoms with van der Waals surface area (Å²) in [5.41, 5.74) is 6.41. The first-order valence-electron chi connectivity index (χ1n) is 8.58. The van der Waals surface area contributed by atoms with Crippen LogP contribution in [0.25, 0.3) is 28.6 Å². The minimum atomic E-state index is -0.565. The summed E-state index contributed by atoms with van der Waals surface area (Å²) in [5.74, 6) is 0.239. The highest BCUT2D eigenvalue weighted by Crippen LogP contribution is 2.32. The molecule has 2 N–H and O–H groups in total. The predicted octanol–water partition coefficient (Wildman–Crippen LogP) is 3.76. The summed E-state index contributed by atoms with van der Waals surface area (Å²) in [6, 6.07) is 15.7. The molecule has 0 saturated heterocycles. The molecular formula is C21H21N3O3. The Labute approximate surface area is 157 Å². The van der Waals surface area contributed by atoms with Crippen molar-refractivity contribution in [2.45, 2.75) is 13.5 Å². The molecule has 3 rings (SSSR count). The summed E-state index contributed by atoms with van der Waals surface area (Å²) in [6.45, 7) is 2.88. The molecule has 0 unspecified atom stereocenters. The normalized spacial score (nSPS) is 10.9. The first-order valence-corrected chi connectivity index (χ1v) is 8.58. The van der Waals surface area contributed by atoms with Gasteiger partial charge in [-0.25, -0.2) is 10.5 Å². The molecule has 0 spiro atoms. The number of aryl methyl sites for hydroxylation is 1. The van der Waals surface area contributed by atoms with E-state index < -0.39 is 5.91 Å². The van der Waals surface area contributed by atoms with E-state index in [1.807, 2.05) is 54.9 Å². The second-order valence-electron chi connectivity index (χ2n) is 5.89. The molecule has 138 valence electrons. The maximum Gasteiger partial charge on any atom is 0.267 e. The number of hydrogen-bond donors (Lipinski definition) is 2. The summed E-state index contributed by atoms with van der Waals surface area (Å²) in [7, 11) is 1.65.